The Morgan fingerprint density at radius 2 is 1.83 bits per heavy atom. The minimum atomic E-state index is -0.449. The van der Waals surface area contributed by atoms with Crippen LogP contribution in [0.2, 0.25) is 0 Å². The summed E-state index contributed by atoms with van der Waals surface area (Å²) in [7, 11) is 0. The van der Waals surface area contributed by atoms with E-state index in [4.69, 9.17) is 0 Å². The zero-order chi connectivity index (χ0) is 17.1. The average Bonchev–Trinajstić information content (AvgIpc) is 2.48. The summed E-state index contributed by atoms with van der Waals surface area (Å²) in [6, 6.07) is 10.3. The van der Waals surface area contributed by atoms with E-state index in [0.717, 1.165) is 16.8 Å². The number of nitrogens with one attached hydrogen (secondary N) is 1. The van der Waals surface area contributed by atoms with Crippen LogP contribution in [0.15, 0.2) is 36.4 Å². The van der Waals surface area contributed by atoms with Gasteiger partial charge in [-0.2, -0.15) is 0 Å². The van der Waals surface area contributed by atoms with E-state index in [9.17, 15) is 14.9 Å². The van der Waals surface area contributed by atoms with Crippen molar-refractivity contribution in [1.82, 2.24) is 0 Å². The van der Waals surface area contributed by atoms with Crippen molar-refractivity contribution in [2.75, 3.05) is 5.32 Å². The molecule has 0 saturated heterocycles. The van der Waals surface area contributed by atoms with Crippen molar-refractivity contribution in [1.29, 1.82) is 0 Å². The summed E-state index contributed by atoms with van der Waals surface area (Å²) in [4.78, 5) is 22.9. The van der Waals surface area contributed by atoms with Crippen LogP contribution in [-0.4, -0.2) is 10.8 Å². The maximum absolute atomic E-state index is 12.5. The van der Waals surface area contributed by atoms with E-state index in [1.54, 1.807) is 13.0 Å². The van der Waals surface area contributed by atoms with Crippen LogP contribution in [-0.2, 0) is 0 Å². The van der Waals surface area contributed by atoms with Crippen molar-refractivity contribution in [2.24, 2.45) is 0 Å². The number of amides is 1. The number of anilines is 1. The fourth-order valence-corrected chi connectivity index (χ4v) is 2.53. The molecular formula is C18H20N2O3. The van der Waals surface area contributed by atoms with Crippen LogP contribution in [0.3, 0.4) is 0 Å². The van der Waals surface area contributed by atoms with E-state index in [-0.39, 0.29) is 17.5 Å². The fourth-order valence-electron chi connectivity index (χ4n) is 2.53. The van der Waals surface area contributed by atoms with Crippen LogP contribution < -0.4 is 5.32 Å². The first kappa shape index (κ1) is 16.7. The molecule has 5 heteroatoms. The molecule has 0 heterocycles. The zero-order valence-corrected chi connectivity index (χ0v) is 13.7. The molecule has 0 unspecified atom stereocenters. The van der Waals surface area contributed by atoms with Crippen molar-refractivity contribution >= 4 is 17.3 Å². The summed E-state index contributed by atoms with van der Waals surface area (Å²) in [5, 5.41) is 13.8. The number of nitro benzene ring substituents is 1. The molecule has 2 rings (SSSR count). The summed E-state index contributed by atoms with van der Waals surface area (Å²) in [6.07, 6.45) is 0. The number of benzene rings is 2. The Bertz CT molecular complexity index is 767. The zero-order valence-electron chi connectivity index (χ0n) is 13.7. The van der Waals surface area contributed by atoms with Crippen molar-refractivity contribution in [3.05, 3.63) is 68.8 Å². The molecule has 0 saturated carbocycles. The van der Waals surface area contributed by atoms with Gasteiger partial charge in [0.1, 0.15) is 0 Å². The molecule has 2 aromatic carbocycles. The Morgan fingerprint density at radius 1 is 1.13 bits per heavy atom. The lowest BCUT2D eigenvalue weighted by molar-refractivity contribution is -0.385. The highest BCUT2D eigenvalue weighted by molar-refractivity contribution is 6.05. The summed E-state index contributed by atoms with van der Waals surface area (Å²) < 4.78 is 0. The number of rotatable bonds is 4. The maximum atomic E-state index is 12.5. The van der Waals surface area contributed by atoms with Gasteiger partial charge in [0, 0.05) is 22.9 Å². The van der Waals surface area contributed by atoms with Gasteiger partial charge in [0.2, 0.25) is 0 Å². The van der Waals surface area contributed by atoms with E-state index in [2.05, 4.69) is 19.2 Å². The second-order valence-electron chi connectivity index (χ2n) is 5.91. The highest BCUT2D eigenvalue weighted by Crippen LogP contribution is 2.28. The number of aryl methyl sites for hydroxylation is 2. The van der Waals surface area contributed by atoms with Crippen molar-refractivity contribution in [3.8, 4) is 0 Å². The smallest absolute Gasteiger partial charge is 0.272 e. The number of carbonyl (C=O) groups excluding carboxylic acids is 1. The standard InChI is InChI=1S/C18H20N2O3/c1-11(2)15-7-5-6-12(3)17(15)19-18(21)14-8-9-16(20(22)23)13(4)10-14/h5-11H,1-4H3,(H,19,21). The largest absolute Gasteiger partial charge is 0.321 e. The summed E-state index contributed by atoms with van der Waals surface area (Å²) in [5.74, 6) is 0.0167. The molecule has 1 N–H and O–H groups in total. The lowest BCUT2D eigenvalue weighted by Crippen LogP contribution is -2.15. The third-order valence-corrected chi connectivity index (χ3v) is 3.82. The first-order chi connectivity index (χ1) is 10.8. The van der Waals surface area contributed by atoms with Gasteiger partial charge in [-0.3, -0.25) is 14.9 Å². The molecule has 0 atom stereocenters. The Labute approximate surface area is 135 Å². The molecule has 0 aromatic heterocycles. The molecule has 2 aromatic rings. The number of hydrogen-bond donors (Lipinski definition) is 1. The van der Waals surface area contributed by atoms with Crippen molar-refractivity contribution in [3.63, 3.8) is 0 Å². The molecule has 0 aliphatic rings. The quantitative estimate of drug-likeness (QED) is 0.663. The van der Waals surface area contributed by atoms with Crippen LogP contribution in [0.25, 0.3) is 0 Å². The van der Waals surface area contributed by atoms with E-state index < -0.39 is 4.92 Å². The molecule has 0 aliphatic heterocycles. The van der Waals surface area contributed by atoms with E-state index in [1.807, 2.05) is 25.1 Å². The molecule has 0 fully saturated rings. The summed E-state index contributed by atoms with van der Waals surface area (Å²) in [5.41, 5.74) is 3.76. The lowest BCUT2D eigenvalue weighted by Gasteiger charge is -2.16. The first-order valence-electron chi connectivity index (χ1n) is 7.47. The molecular weight excluding hydrogens is 292 g/mol. The topological polar surface area (TPSA) is 72.2 Å². The minimum absolute atomic E-state index is 0.0142. The second-order valence-corrected chi connectivity index (χ2v) is 5.91. The number of nitro groups is 1. The fraction of sp³-hybridized carbons (Fsp3) is 0.278. The maximum Gasteiger partial charge on any atom is 0.272 e. The summed E-state index contributed by atoms with van der Waals surface area (Å²) in [6.45, 7) is 7.71. The van der Waals surface area contributed by atoms with Gasteiger partial charge in [-0.1, -0.05) is 32.0 Å². The molecule has 23 heavy (non-hydrogen) atoms. The Morgan fingerprint density at radius 3 is 2.39 bits per heavy atom. The normalized spacial score (nSPS) is 10.7. The predicted octanol–water partition coefficient (Wildman–Crippen LogP) is 4.59. The highest BCUT2D eigenvalue weighted by Gasteiger charge is 2.16. The van der Waals surface area contributed by atoms with E-state index in [1.165, 1.54) is 12.1 Å². The van der Waals surface area contributed by atoms with Crippen molar-refractivity contribution in [2.45, 2.75) is 33.6 Å². The van der Waals surface area contributed by atoms with Gasteiger partial charge >= 0.3 is 0 Å². The van der Waals surface area contributed by atoms with Crippen LogP contribution in [0.5, 0.6) is 0 Å². The van der Waals surface area contributed by atoms with Gasteiger partial charge in [0.05, 0.1) is 4.92 Å². The molecule has 0 spiro atoms. The molecule has 5 nitrogen and oxygen atoms in total. The van der Waals surface area contributed by atoms with Crippen LogP contribution >= 0.6 is 0 Å². The SMILES string of the molecule is Cc1cc(C(=O)Nc2c(C)cccc2C(C)C)ccc1[N+](=O)[O-]. The van der Waals surface area contributed by atoms with Crippen LogP contribution in [0.1, 0.15) is 46.8 Å². The van der Waals surface area contributed by atoms with E-state index in [0.29, 0.717) is 11.1 Å². The molecule has 0 aliphatic carbocycles. The Hall–Kier alpha value is -2.69. The lowest BCUT2D eigenvalue weighted by atomic mass is 9.98. The van der Waals surface area contributed by atoms with E-state index >= 15 is 0 Å². The number of carbonyl (C=O) groups is 1. The van der Waals surface area contributed by atoms with Gasteiger partial charge in [-0.15, -0.1) is 0 Å². The number of para-hydroxylation sites is 1. The van der Waals surface area contributed by atoms with Gasteiger partial charge in [-0.25, -0.2) is 0 Å². The third-order valence-electron chi connectivity index (χ3n) is 3.82. The first-order valence-corrected chi connectivity index (χ1v) is 7.47. The number of nitrogens with zero attached hydrogens (tertiary/aromatic N) is 1. The minimum Gasteiger partial charge on any atom is -0.321 e. The monoisotopic (exact) mass is 312 g/mol. The third kappa shape index (κ3) is 3.56. The molecule has 1 amide bonds. The summed E-state index contributed by atoms with van der Waals surface area (Å²) >= 11 is 0. The Kier molecular flexibility index (Phi) is 4.79. The van der Waals surface area contributed by atoms with Gasteiger partial charge in [-0.05, 0) is 43.0 Å². The molecule has 0 radical (unpaired) electrons. The molecule has 0 bridgehead atoms. The second kappa shape index (κ2) is 6.60. The van der Waals surface area contributed by atoms with Crippen LogP contribution in [0, 0.1) is 24.0 Å². The van der Waals surface area contributed by atoms with Gasteiger partial charge < -0.3 is 5.32 Å². The Balaban J connectivity index is 2.33. The highest BCUT2D eigenvalue weighted by atomic mass is 16.6. The van der Waals surface area contributed by atoms with Crippen LogP contribution in [0.4, 0.5) is 11.4 Å². The average molecular weight is 312 g/mol. The van der Waals surface area contributed by atoms with Gasteiger partial charge in [0.25, 0.3) is 11.6 Å². The van der Waals surface area contributed by atoms with Gasteiger partial charge in [0.15, 0.2) is 0 Å². The predicted molar refractivity (Wildman–Crippen MR) is 91.1 cm³/mol. The number of hydrogen-bond acceptors (Lipinski definition) is 3. The van der Waals surface area contributed by atoms with Crippen molar-refractivity contribution < 1.29 is 9.72 Å². The molecule has 120 valence electrons.